The zero-order valence-corrected chi connectivity index (χ0v) is 30.4. The zero-order valence-electron chi connectivity index (χ0n) is 28.2. The van der Waals surface area contributed by atoms with Crippen molar-refractivity contribution in [1.29, 1.82) is 0 Å². The molecular weight excluding hydrogens is 612 g/mol. The van der Waals surface area contributed by atoms with Crippen molar-refractivity contribution in [2.45, 2.75) is 90.4 Å². The van der Waals surface area contributed by atoms with Gasteiger partial charge in [-0.2, -0.15) is 10.1 Å². The minimum Gasteiger partial charge on any atom is -1.00 e. The molecule has 0 unspecified atom stereocenters. The van der Waals surface area contributed by atoms with Gasteiger partial charge in [-0.3, -0.25) is 18.9 Å². The van der Waals surface area contributed by atoms with Crippen LogP contribution in [0.25, 0.3) is 28.3 Å². The fourth-order valence-corrected chi connectivity index (χ4v) is 6.31. The van der Waals surface area contributed by atoms with Gasteiger partial charge < -0.3 is 11.3 Å². The average molecular weight is 653 g/mol. The zero-order chi connectivity index (χ0) is 31.7. The molecule has 0 aliphatic heterocycles. The van der Waals surface area contributed by atoms with Gasteiger partial charge in [0.15, 0.2) is 5.82 Å². The summed E-state index contributed by atoms with van der Waals surface area (Å²) in [6.07, 6.45) is 5.30. The topological polar surface area (TPSA) is 141 Å². The molecule has 0 bridgehead atoms. The summed E-state index contributed by atoms with van der Waals surface area (Å²) in [6, 6.07) is 15.8. The molecule has 0 atom stereocenters. The van der Waals surface area contributed by atoms with Crippen LogP contribution < -0.4 is 62.7 Å². The standard InChI is InChI=1S/C34H40N6O5.K.H/c1-5-8-29-28(19-22-11-13-23(14-12-22)26-9-6-7-10-27(26)30-36-33(42)45-38-30)31(41)39(32-35-21(2)37-40(29)32)24-15-17-25(18-16-24)44-20-34(3,4)43;;/h6-7,9-14,24-25,43H,5,8,15-20H2,1-4H3,(H,36,38,42);;/q;+1;-1. The van der Waals surface area contributed by atoms with Crippen LogP contribution in [0.2, 0.25) is 0 Å². The second-order valence-corrected chi connectivity index (χ2v) is 12.6. The van der Waals surface area contributed by atoms with Gasteiger partial charge in [0.25, 0.3) is 5.56 Å². The number of rotatable bonds is 10. The van der Waals surface area contributed by atoms with Crippen LogP contribution in [0.1, 0.15) is 83.0 Å². The molecule has 0 spiro atoms. The van der Waals surface area contributed by atoms with Gasteiger partial charge >= 0.3 is 57.1 Å². The summed E-state index contributed by atoms with van der Waals surface area (Å²) in [5, 5.41) is 18.7. The van der Waals surface area contributed by atoms with Crippen LogP contribution in [0.4, 0.5) is 0 Å². The van der Waals surface area contributed by atoms with Gasteiger partial charge in [-0.05, 0) is 69.6 Å². The predicted molar refractivity (Wildman–Crippen MR) is 171 cm³/mol. The first-order chi connectivity index (χ1) is 21.6. The number of hydrogen-bond donors (Lipinski definition) is 2. The van der Waals surface area contributed by atoms with Gasteiger partial charge in [0.2, 0.25) is 5.78 Å². The summed E-state index contributed by atoms with van der Waals surface area (Å²) in [7, 11) is 0. The molecule has 1 saturated carbocycles. The SMILES string of the molecule is CCCc1c(Cc2ccc(-c3ccccc3-c3noc(=O)[nH]3)cc2)c(=O)n(C2CCC(OCC(C)(C)O)CC2)c2nc(C)nn12.[H-].[K+]. The number of fused-ring (bicyclic) bond motifs is 1. The molecule has 0 saturated heterocycles. The van der Waals surface area contributed by atoms with Gasteiger partial charge in [0, 0.05) is 23.6 Å². The van der Waals surface area contributed by atoms with Crippen LogP contribution in [-0.2, 0) is 17.6 Å². The Hall–Kier alpha value is -2.71. The van der Waals surface area contributed by atoms with Crippen LogP contribution >= 0.6 is 0 Å². The van der Waals surface area contributed by atoms with E-state index in [0.717, 1.165) is 65.6 Å². The minimum absolute atomic E-state index is 0. The van der Waals surface area contributed by atoms with E-state index in [9.17, 15) is 14.7 Å². The third kappa shape index (κ3) is 7.54. The molecule has 0 radical (unpaired) electrons. The normalized spacial score (nSPS) is 16.9. The van der Waals surface area contributed by atoms with Crippen molar-refractivity contribution in [2.24, 2.45) is 0 Å². The van der Waals surface area contributed by atoms with Gasteiger partial charge in [-0.15, -0.1) is 0 Å². The molecule has 0 amide bonds. The predicted octanol–water partition coefficient (Wildman–Crippen LogP) is 2.14. The Labute approximate surface area is 311 Å². The Morgan fingerprint density at radius 1 is 1.07 bits per heavy atom. The summed E-state index contributed by atoms with van der Waals surface area (Å²) in [4.78, 5) is 33.3. The Morgan fingerprint density at radius 3 is 2.39 bits per heavy atom. The molecular formula is C34H41KN6O5. The molecule has 2 aromatic carbocycles. The molecule has 11 nitrogen and oxygen atoms in total. The fraction of sp³-hybridized carbons (Fsp3) is 0.441. The van der Waals surface area contributed by atoms with Gasteiger partial charge in [0.05, 0.1) is 24.0 Å². The Bertz CT molecular complexity index is 1920. The van der Waals surface area contributed by atoms with Crippen LogP contribution in [0, 0.1) is 6.92 Å². The molecule has 2 N–H and O–H groups in total. The minimum atomic E-state index is -0.873. The van der Waals surface area contributed by atoms with E-state index in [4.69, 9.17) is 19.3 Å². The summed E-state index contributed by atoms with van der Waals surface area (Å²) >= 11 is 0. The van der Waals surface area contributed by atoms with E-state index in [2.05, 4.69) is 17.1 Å². The summed E-state index contributed by atoms with van der Waals surface area (Å²) in [5.41, 5.74) is 4.39. The average Bonchev–Trinajstić information content (AvgIpc) is 3.63. The smallest absolute Gasteiger partial charge is 1.00 e. The van der Waals surface area contributed by atoms with Crippen LogP contribution in [0.3, 0.4) is 0 Å². The van der Waals surface area contributed by atoms with Crippen molar-refractivity contribution in [2.75, 3.05) is 6.61 Å². The molecule has 46 heavy (non-hydrogen) atoms. The Balaban J connectivity index is 0.00000250. The van der Waals surface area contributed by atoms with Crippen molar-refractivity contribution in [3.8, 4) is 22.5 Å². The van der Waals surface area contributed by atoms with E-state index in [1.165, 1.54) is 0 Å². The van der Waals surface area contributed by atoms with Crippen LogP contribution in [0.15, 0.2) is 62.6 Å². The van der Waals surface area contributed by atoms with Gasteiger partial charge in [-0.25, -0.2) is 9.31 Å². The first kappa shape index (κ1) is 34.6. The van der Waals surface area contributed by atoms with Crippen LogP contribution in [0.5, 0.6) is 0 Å². The van der Waals surface area contributed by atoms with E-state index in [0.29, 0.717) is 30.3 Å². The Morgan fingerprint density at radius 2 is 1.76 bits per heavy atom. The molecule has 3 aromatic heterocycles. The number of H-pyrrole nitrogens is 1. The number of benzene rings is 2. The molecule has 5 aromatic rings. The van der Waals surface area contributed by atoms with Crippen molar-refractivity contribution in [3.63, 3.8) is 0 Å². The number of aromatic nitrogens is 6. The molecule has 3 heterocycles. The Kier molecular flexibility index (Phi) is 11.0. The first-order valence-electron chi connectivity index (χ1n) is 15.7. The van der Waals surface area contributed by atoms with E-state index in [1.54, 1.807) is 13.8 Å². The fourth-order valence-electron chi connectivity index (χ4n) is 6.31. The maximum atomic E-state index is 14.4. The molecule has 12 heteroatoms. The second kappa shape index (κ2) is 14.6. The summed E-state index contributed by atoms with van der Waals surface area (Å²) in [5.74, 6) is 1.01. The van der Waals surface area contributed by atoms with Crippen molar-refractivity contribution in [1.82, 2.24) is 29.3 Å². The number of nitrogens with one attached hydrogen (secondary N) is 1. The first-order valence-corrected chi connectivity index (χ1v) is 15.7. The molecule has 1 aliphatic carbocycles. The van der Waals surface area contributed by atoms with Crippen molar-refractivity contribution in [3.05, 3.63) is 92.1 Å². The third-order valence-electron chi connectivity index (χ3n) is 8.43. The van der Waals surface area contributed by atoms with Gasteiger partial charge in [0.1, 0.15) is 5.82 Å². The monoisotopic (exact) mass is 652 g/mol. The van der Waals surface area contributed by atoms with E-state index < -0.39 is 11.4 Å². The largest absolute Gasteiger partial charge is 1.00 e. The number of aromatic amines is 1. The third-order valence-corrected chi connectivity index (χ3v) is 8.43. The number of ether oxygens (including phenoxy) is 1. The number of aliphatic hydroxyl groups is 1. The second-order valence-electron chi connectivity index (χ2n) is 12.6. The maximum Gasteiger partial charge on any atom is 1.00 e. The number of nitrogens with zero attached hydrogens (tertiary/aromatic N) is 5. The number of aryl methyl sites for hydroxylation is 2. The number of hydrogen-bond acceptors (Lipinski definition) is 8. The molecule has 1 aliphatic rings. The summed E-state index contributed by atoms with van der Waals surface area (Å²) < 4.78 is 14.5. The van der Waals surface area contributed by atoms with Crippen molar-refractivity contribution < 1.29 is 67.2 Å². The van der Waals surface area contributed by atoms with E-state index >= 15 is 0 Å². The molecule has 6 rings (SSSR count). The van der Waals surface area contributed by atoms with Crippen molar-refractivity contribution >= 4 is 5.78 Å². The summed E-state index contributed by atoms with van der Waals surface area (Å²) in [6.45, 7) is 7.75. The van der Waals surface area contributed by atoms with Gasteiger partial charge in [-0.1, -0.05) is 67.0 Å². The van der Waals surface area contributed by atoms with E-state index in [1.807, 2.05) is 64.5 Å². The molecule has 238 valence electrons. The maximum absolute atomic E-state index is 14.4. The van der Waals surface area contributed by atoms with E-state index in [-0.39, 0.29) is 77.1 Å². The molecule has 1 fully saturated rings. The van der Waals surface area contributed by atoms with Crippen LogP contribution in [-0.4, -0.2) is 52.7 Å². The quantitative estimate of drug-likeness (QED) is 0.219.